The van der Waals surface area contributed by atoms with Gasteiger partial charge in [-0.15, -0.1) is 0 Å². The van der Waals surface area contributed by atoms with Crippen LogP contribution in [0.15, 0.2) is 53.0 Å². The SMILES string of the molecule is CC(=O)N(c1ccc(Br)cc1)C1C(=O)c2ccccc2C(=O)C1N(C)C. The minimum Gasteiger partial charge on any atom is -0.300 e. The molecular formula is C20H19BrN2O3. The molecule has 2 unspecified atom stereocenters. The van der Waals surface area contributed by atoms with Crippen LogP contribution in [0.2, 0.25) is 0 Å². The molecule has 2 atom stereocenters. The van der Waals surface area contributed by atoms with Gasteiger partial charge in [-0.3, -0.25) is 24.2 Å². The number of Topliss-reactive ketones (excluding diaryl/α,β-unsaturated/α-hetero) is 2. The number of halogens is 1. The molecule has 0 saturated carbocycles. The van der Waals surface area contributed by atoms with Crippen molar-refractivity contribution in [2.45, 2.75) is 19.0 Å². The Morgan fingerprint density at radius 1 is 0.885 bits per heavy atom. The zero-order valence-corrected chi connectivity index (χ0v) is 16.4. The van der Waals surface area contributed by atoms with E-state index in [1.54, 1.807) is 67.5 Å². The van der Waals surface area contributed by atoms with Crippen molar-refractivity contribution < 1.29 is 14.4 Å². The maximum absolute atomic E-state index is 13.3. The van der Waals surface area contributed by atoms with Crippen LogP contribution in [0.4, 0.5) is 5.69 Å². The molecule has 0 fully saturated rings. The molecule has 0 aromatic heterocycles. The van der Waals surface area contributed by atoms with E-state index >= 15 is 0 Å². The summed E-state index contributed by atoms with van der Waals surface area (Å²) in [6.07, 6.45) is 0. The van der Waals surface area contributed by atoms with Crippen LogP contribution in [-0.4, -0.2) is 48.6 Å². The Balaban J connectivity index is 2.18. The summed E-state index contributed by atoms with van der Waals surface area (Å²) < 4.78 is 0.866. The maximum Gasteiger partial charge on any atom is 0.224 e. The van der Waals surface area contributed by atoms with E-state index in [2.05, 4.69) is 15.9 Å². The van der Waals surface area contributed by atoms with Crippen molar-refractivity contribution in [3.63, 3.8) is 0 Å². The van der Waals surface area contributed by atoms with Gasteiger partial charge < -0.3 is 0 Å². The lowest BCUT2D eigenvalue weighted by Gasteiger charge is -2.40. The molecule has 134 valence electrons. The quantitative estimate of drug-likeness (QED) is 0.773. The lowest BCUT2D eigenvalue weighted by atomic mass is 9.81. The highest BCUT2D eigenvalue weighted by molar-refractivity contribution is 9.10. The molecule has 5 nitrogen and oxygen atoms in total. The van der Waals surface area contributed by atoms with Crippen LogP contribution in [0.3, 0.4) is 0 Å². The normalized spacial score (nSPS) is 19.4. The Hall–Kier alpha value is -2.31. The second-order valence-electron chi connectivity index (χ2n) is 6.49. The van der Waals surface area contributed by atoms with Crippen molar-refractivity contribution in [2.24, 2.45) is 0 Å². The number of rotatable bonds is 3. The number of carbonyl (C=O) groups excluding carboxylic acids is 3. The number of carbonyl (C=O) groups is 3. The molecule has 6 heteroatoms. The van der Waals surface area contributed by atoms with Gasteiger partial charge >= 0.3 is 0 Å². The third-order valence-corrected chi connectivity index (χ3v) is 5.10. The van der Waals surface area contributed by atoms with Gasteiger partial charge in [0.25, 0.3) is 0 Å². The van der Waals surface area contributed by atoms with Crippen molar-refractivity contribution in [1.82, 2.24) is 4.90 Å². The Kier molecular flexibility index (Phi) is 5.07. The second-order valence-corrected chi connectivity index (χ2v) is 7.41. The number of amides is 1. The molecule has 0 bridgehead atoms. The molecule has 0 aliphatic heterocycles. The van der Waals surface area contributed by atoms with E-state index in [4.69, 9.17) is 0 Å². The molecule has 1 amide bonds. The van der Waals surface area contributed by atoms with Gasteiger partial charge in [0.05, 0.1) is 0 Å². The molecule has 3 rings (SSSR count). The van der Waals surface area contributed by atoms with Crippen molar-refractivity contribution >= 4 is 39.1 Å². The number of nitrogens with zero attached hydrogens (tertiary/aromatic N) is 2. The predicted molar refractivity (Wildman–Crippen MR) is 104 cm³/mol. The van der Waals surface area contributed by atoms with Gasteiger partial charge in [-0.25, -0.2) is 0 Å². The van der Waals surface area contributed by atoms with Gasteiger partial charge in [0.15, 0.2) is 11.6 Å². The van der Waals surface area contributed by atoms with Crippen molar-refractivity contribution in [1.29, 1.82) is 0 Å². The lowest BCUT2D eigenvalue weighted by Crippen LogP contribution is -2.61. The molecule has 0 spiro atoms. The molecule has 1 aliphatic rings. The van der Waals surface area contributed by atoms with Gasteiger partial charge in [-0.1, -0.05) is 40.2 Å². The van der Waals surface area contributed by atoms with Crippen LogP contribution in [0.25, 0.3) is 0 Å². The Labute approximate surface area is 160 Å². The van der Waals surface area contributed by atoms with E-state index < -0.39 is 12.1 Å². The lowest BCUT2D eigenvalue weighted by molar-refractivity contribution is -0.117. The fourth-order valence-corrected chi connectivity index (χ4v) is 3.70. The van der Waals surface area contributed by atoms with Crippen LogP contribution in [0.5, 0.6) is 0 Å². The van der Waals surface area contributed by atoms with Crippen LogP contribution >= 0.6 is 15.9 Å². The zero-order valence-electron chi connectivity index (χ0n) is 14.8. The molecule has 2 aromatic carbocycles. The third-order valence-electron chi connectivity index (χ3n) is 4.57. The molecule has 1 aliphatic carbocycles. The van der Waals surface area contributed by atoms with E-state index in [1.165, 1.54) is 11.8 Å². The summed E-state index contributed by atoms with van der Waals surface area (Å²) in [5.74, 6) is -0.666. The average Bonchev–Trinajstić information content (AvgIpc) is 2.60. The number of ketones is 2. The minimum atomic E-state index is -0.911. The van der Waals surface area contributed by atoms with Gasteiger partial charge in [-0.2, -0.15) is 0 Å². The third kappa shape index (κ3) is 3.10. The topological polar surface area (TPSA) is 57.7 Å². The Morgan fingerprint density at radius 3 is 1.85 bits per heavy atom. The van der Waals surface area contributed by atoms with Gasteiger partial charge in [-0.05, 0) is 38.4 Å². The number of fused-ring (bicyclic) bond motifs is 1. The van der Waals surface area contributed by atoms with Gasteiger partial charge in [0.2, 0.25) is 5.91 Å². The van der Waals surface area contributed by atoms with Crippen LogP contribution in [0.1, 0.15) is 27.6 Å². The summed E-state index contributed by atoms with van der Waals surface area (Å²) >= 11 is 3.37. The highest BCUT2D eigenvalue weighted by Crippen LogP contribution is 2.31. The fraction of sp³-hybridized carbons (Fsp3) is 0.250. The highest BCUT2D eigenvalue weighted by atomic mass is 79.9. The van der Waals surface area contributed by atoms with Crippen molar-refractivity contribution in [2.75, 3.05) is 19.0 Å². The standard InChI is InChI=1S/C20H19BrN2O3/c1-12(24)23(14-10-8-13(21)9-11-14)18-17(22(2)3)19(25)15-6-4-5-7-16(15)20(18)26/h4-11,17-18H,1-3H3. The molecule has 0 heterocycles. The smallest absolute Gasteiger partial charge is 0.224 e. The van der Waals surface area contributed by atoms with E-state index in [9.17, 15) is 14.4 Å². The molecule has 0 saturated heterocycles. The first kappa shape index (κ1) is 18.5. The van der Waals surface area contributed by atoms with Crippen LogP contribution in [0, 0.1) is 0 Å². The molecular weight excluding hydrogens is 396 g/mol. The number of benzene rings is 2. The fourth-order valence-electron chi connectivity index (χ4n) is 3.43. The average molecular weight is 415 g/mol. The first-order valence-corrected chi connectivity index (χ1v) is 9.01. The summed E-state index contributed by atoms with van der Waals surface area (Å²) in [4.78, 5) is 42.0. The number of likely N-dealkylation sites (N-methyl/N-ethyl adjacent to an activating group) is 1. The Bertz CT molecular complexity index is 877. The largest absolute Gasteiger partial charge is 0.300 e. The monoisotopic (exact) mass is 414 g/mol. The number of hydrogen-bond donors (Lipinski definition) is 0. The van der Waals surface area contributed by atoms with E-state index in [-0.39, 0.29) is 17.5 Å². The summed E-state index contributed by atoms with van der Waals surface area (Å²) in [6, 6.07) is 12.3. The van der Waals surface area contributed by atoms with Crippen molar-refractivity contribution in [3.05, 3.63) is 64.1 Å². The molecule has 26 heavy (non-hydrogen) atoms. The first-order chi connectivity index (χ1) is 12.3. The molecule has 0 radical (unpaired) electrons. The van der Waals surface area contributed by atoms with E-state index in [0.717, 1.165) is 4.47 Å². The molecule has 0 N–H and O–H groups in total. The predicted octanol–water partition coefficient (Wildman–Crippen LogP) is 3.18. The summed E-state index contributed by atoms with van der Waals surface area (Å²) in [7, 11) is 3.49. The highest BCUT2D eigenvalue weighted by Gasteiger charge is 2.46. The molecule has 2 aromatic rings. The van der Waals surface area contributed by atoms with Crippen LogP contribution in [-0.2, 0) is 4.79 Å². The van der Waals surface area contributed by atoms with Gasteiger partial charge in [0.1, 0.15) is 12.1 Å². The van der Waals surface area contributed by atoms with E-state index in [1.807, 2.05) is 0 Å². The summed E-state index contributed by atoms with van der Waals surface area (Å²) in [5.41, 5.74) is 1.36. The van der Waals surface area contributed by atoms with Gasteiger partial charge in [0, 0.05) is 28.2 Å². The first-order valence-electron chi connectivity index (χ1n) is 8.22. The number of anilines is 1. The number of hydrogen-bond acceptors (Lipinski definition) is 4. The van der Waals surface area contributed by atoms with E-state index in [0.29, 0.717) is 16.8 Å². The summed E-state index contributed by atoms with van der Waals surface area (Å²) in [5, 5.41) is 0. The zero-order chi connectivity index (χ0) is 19.0. The Morgan fingerprint density at radius 2 is 1.38 bits per heavy atom. The van der Waals surface area contributed by atoms with Crippen LogP contribution < -0.4 is 4.90 Å². The second kappa shape index (κ2) is 7.13. The summed E-state index contributed by atoms with van der Waals surface area (Å²) in [6.45, 7) is 1.41. The minimum absolute atomic E-state index is 0.154. The maximum atomic E-state index is 13.3. The van der Waals surface area contributed by atoms with Crippen molar-refractivity contribution in [3.8, 4) is 0 Å².